The van der Waals surface area contributed by atoms with E-state index in [1.54, 1.807) is 12.6 Å². The van der Waals surface area contributed by atoms with Crippen LogP contribution in [0.5, 0.6) is 11.5 Å². The Bertz CT molecular complexity index is 1250. The number of aliphatic hydroxyl groups is 1. The van der Waals surface area contributed by atoms with Crippen LogP contribution in [0.4, 0.5) is 5.82 Å². The summed E-state index contributed by atoms with van der Waals surface area (Å²) in [5.74, 6) is 1.32. The molecule has 0 saturated heterocycles. The van der Waals surface area contributed by atoms with Gasteiger partial charge in [0.1, 0.15) is 28.9 Å². The van der Waals surface area contributed by atoms with Crippen LogP contribution in [0, 0.1) is 0 Å². The van der Waals surface area contributed by atoms with Crippen molar-refractivity contribution >= 4 is 34.0 Å². The molecule has 2 aromatic heterocycles. The maximum absolute atomic E-state index is 12.6. The molecule has 1 aliphatic heterocycles. The van der Waals surface area contributed by atoms with Gasteiger partial charge in [-0.2, -0.15) is 4.99 Å². The van der Waals surface area contributed by atoms with Gasteiger partial charge >= 0.3 is 0 Å². The van der Waals surface area contributed by atoms with Gasteiger partial charge in [-0.3, -0.25) is 19.2 Å². The van der Waals surface area contributed by atoms with Gasteiger partial charge in [0.05, 0.1) is 18.8 Å². The highest BCUT2D eigenvalue weighted by atomic mass is 32.1. The average molecular weight is 501 g/mol. The number of benzene rings is 1. The highest BCUT2D eigenvalue weighted by Crippen LogP contribution is 2.37. The number of anilines is 1. The quantitative estimate of drug-likeness (QED) is 0.461. The maximum atomic E-state index is 12.6. The number of ether oxygens (including phenoxy) is 2. The van der Waals surface area contributed by atoms with E-state index in [2.05, 4.69) is 47.9 Å². The molecule has 3 heterocycles. The summed E-state index contributed by atoms with van der Waals surface area (Å²) in [5.41, 5.74) is 2.41. The zero-order valence-electron chi connectivity index (χ0n) is 20.7. The first-order valence-corrected chi connectivity index (χ1v) is 12.6. The summed E-state index contributed by atoms with van der Waals surface area (Å²) in [7, 11) is 1.55. The molecule has 0 radical (unpaired) electrons. The molecule has 1 aliphatic rings. The Morgan fingerprint density at radius 2 is 2.09 bits per heavy atom. The third kappa shape index (κ3) is 5.31. The van der Waals surface area contributed by atoms with Crippen LogP contribution in [-0.2, 0) is 6.54 Å². The summed E-state index contributed by atoms with van der Waals surface area (Å²) in [6, 6.07) is 4.34. The predicted octanol–water partition coefficient (Wildman–Crippen LogP) is 2.53. The highest BCUT2D eigenvalue weighted by molar-refractivity contribution is 7.11. The van der Waals surface area contributed by atoms with Crippen molar-refractivity contribution in [3.63, 3.8) is 0 Å². The lowest BCUT2D eigenvalue weighted by molar-refractivity contribution is 0.0439. The number of amides is 1. The van der Waals surface area contributed by atoms with Crippen molar-refractivity contribution in [2.45, 2.75) is 52.4 Å². The van der Waals surface area contributed by atoms with Crippen molar-refractivity contribution in [2.75, 3.05) is 32.1 Å². The molecule has 0 fully saturated rings. The van der Waals surface area contributed by atoms with Gasteiger partial charge in [0.25, 0.3) is 5.91 Å². The number of carbonyl (C=O) groups excluding carboxylic acids is 1. The molecule has 0 aliphatic carbocycles. The Kier molecular flexibility index (Phi) is 7.68. The molecule has 35 heavy (non-hydrogen) atoms. The van der Waals surface area contributed by atoms with Gasteiger partial charge in [-0.15, -0.1) is 11.3 Å². The first kappa shape index (κ1) is 25.1. The van der Waals surface area contributed by atoms with Gasteiger partial charge < -0.3 is 19.9 Å². The highest BCUT2D eigenvalue weighted by Gasteiger charge is 2.22. The van der Waals surface area contributed by atoms with E-state index in [-0.39, 0.29) is 12.2 Å². The van der Waals surface area contributed by atoms with Crippen LogP contribution in [0.3, 0.4) is 0 Å². The second-order valence-corrected chi connectivity index (χ2v) is 9.85. The van der Waals surface area contributed by atoms with Gasteiger partial charge in [0.2, 0.25) is 5.62 Å². The number of aliphatic hydroxyl groups excluding tert-OH is 1. The second-order valence-electron chi connectivity index (χ2n) is 8.96. The van der Waals surface area contributed by atoms with Crippen molar-refractivity contribution in [1.82, 2.24) is 19.4 Å². The van der Waals surface area contributed by atoms with Crippen LogP contribution in [0.1, 0.15) is 37.4 Å². The number of thiazole rings is 1. The molecule has 10 nitrogen and oxygen atoms in total. The Morgan fingerprint density at radius 3 is 2.74 bits per heavy atom. The van der Waals surface area contributed by atoms with Crippen molar-refractivity contribution in [1.29, 1.82) is 0 Å². The van der Waals surface area contributed by atoms with E-state index in [1.807, 2.05) is 16.7 Å². The van der Waals surface area contributed by atoms with Crippen LogP contribution in [0.15, 0.2) is 28.8 Å². The standard InChI is InChI=1S/C24H32N6O4S/c1-14(2)30(15(3)4)11-16(31)12-34-18-7-6-17-20(21(18)33-5)27-24(29-9-8-26-22(17)29)28-23(32)19-10-25-13-35-19/h6-7,10,13-16,26,31H,8-9,11-12H2,1-5H3/t16-/m0/s1. The van der Waals surface area contributed by atoms with Gasteiger partial charge in [0, 0.05) is 37.1 Å². The second kappa shape index (κ2) is 10.7. The van der Waals surface area contributed by atoms with Gasteiger partial charge in [-0.25, -0.2) is 4.98 Å². The SMILES string of the molecule is COc1c(OC[C@@H](O)CN(C(C)C)C(C)C)ccc2c3n(c(=NC(=O)c4cncs4)nc12)CCN3. The number of carbonyl (C=O) groups is 1. The summed E-state index contributed by atoms with van der Waals surface area (Å²) >= 11 is 1.24. The minimum absolute atomic E-state index is 0.108. The summed E-state index contributed by atoms with van der Waals surface area (Å²) in [6.07, 6.45) is 0.825. The molecule has 188 valence electrons. The van der Waals surface area contributed by atoms with Crippen LogP contribution in [0.2, 0.25) is 0 Å². The molecule has 1 amide bonds. The molecule has 1 atom stereocenters. The van der Waals surface area contributed by atoms with Gasteiger partial charge in [0.15, 0.2) is 11.5 Å². The number of nitrogens with zero attached hydrogens (tertiary/aromatic N) is 5. The fourth-order valence-corrected chi connectivity index (χ4v) is 4.82. The van der Waals surface area contributed by atoms with Crippen LogP contribution >= 0.6 is 11.3 Å². The summed E-state index contributed by atoms with van der Waals surface area (Å²) in [6.45, 7) is 10.4. The van der Waals surface area contributed by atoms with E-state index in [0.29, 0.717) is 53.6 Å². The molecule has 0 saturated carbocycles. The Balaban J connectivity index is 1.67. The molecular weight excluding hydrogens is 468 g/mol. The Morgan fingerprint density at radius 1 is 1.31 bits per heavy atom. The molecule has 0 bridgehead atoms. The summed E-state index contributed by atoms with van der Waals surface area (Å²) in [4.78, 5) is 28.2. The minimum atomic E-state index is -0.673. The van der Waals surface area contributed by atoms with Crippen molar-refractivity contribution < 1.29 is 19.4 Å². The number of fused-ring (bicyclic) bond motifs is 3. The summed E-state index contributed by atoms with van der Waals surface area (Å²) < 4.78 is 13.6. The first-order valence-electron chi connectivity index (χ1n) is 11.7. The molecule has 4 rings (SSSR count). The topological polar surface area (TPSA) is 114 Å². The fourth-order valence-electron chi connectivity index (χ4n) is 4.31. The third-order valence-corrected chi connectivity index (χ3v) is 6.69. The Hall–Kier alpha value is -3.02. The van der Waals surface area contributed by atoms with Gasteiger partial charge in [-0.1, -0.05) is 0 Å². The molecule has 0 unspecified atom stereocenters. The molecule has 11 heteroatoms. The lowest BCUT2D eigenvalue weighted by Crippen LogP contribution is -2.43. The molecule has 0 spiro atoms. The van der Waals surface area contributed by atoms with Crippen LogP contribution in [0.25, 0.3) is 10.9 Å². The largest absolute Gasteiger partial charge is 0.491 e. The zero-order chi connectivity index (χ0) is 25.1. The van der Waals surface area contributed by atoms with Crippen molar-refractivity contribution in [2.24, 2.45) is 4.99 Å². The molecule has 1 aromatic carbocycles. The van der Waals surface area contributed by atoms with Gasteiger partial charge in [-0.05, 0) is 39.8 Å². The van der Waals surface area contributed by atoms with E-state index in [0.717, 1.165) is 11.2 Å². The lowest BCUT2D eigenvalue weighted by atomic mass is 10.2. The normalized spacial score (nSPS) is 14.6. The fraction of sp³-hybridized carbons (Fsp3) is 0.500. The Labute approximate surface area is 208 Å². The average Bonchev–Trinajstić information content (AvgIpc) is 3.53. The molecule has 3 aromatic rings. The van der Waals surface area contributed by atoms with Crippen LogP contribution in [-0.4, -0.2) is 75.4 Å². The zero-order valence-corrected chi connectivity index (χ0v) is 21.5. The number of hydrogen-bond acceptors (Lipinski definition) is 9. The van der Waals surface area contributed by atoms with E-state index >= 15 is 0 Å². The first-order chi connectivity index (χ1) is 16.8. The van der Waals surface area contributed by atoms with E-state index in [1.165, 1.54) is 17.5 Å². The van der Waals surface area contributed by atoms with E-state index in [4.69, 9.17) is 14.5 Å². The third-order valence-electron chi connectivity index (χ3n) is 5.93. The van der Waals surface area contributed by atoms with Crippen LogP contribution < -0.4 is 20.4 Å². The number of aromatic nitrogens is 3. The van der Waals surface area contributed by atoms with Crippen molar-refractivity contribution in [3.05, 3.63) is 34.3 Å². The number of methoxy groups -OCH3 is 1. The molecule has 2 N–H and O–H groups in total. The smallest absolute Gasteiger partial charge is 0.291 e. The van der Waals surface area contributed by atoms with E-state index < -0.39 is 12.0 Å². The monoisotopic (exact) mass is 500 g/mol. The number of nitrogens with one attached hydrogen (secondary N) is 1. The number of hydrogen-bond donors (Lipinski definition) is 2. The maximum Gasteiger partial charge on any atom is 0.291 e. The van der Waals surface area contributed by atoms with Crippen molar-refractivity contribution in [3.8, 4) is 11.5 Å². The van der Waals surface area contributed by atoms with E-state index in [9.17, 15) is 9.90 Å². The molecular formula is C24H32N6O4S. The predicted molar refractivity (Wildman–Crippen MR) is 135 cm³/mol. The minimum Gasteiger partial charge on any atom is -0.491 e. The summed E-state index contributed by atoms with van der Waals surface area (Å²) in [5, 5.41) is 14.8. The number of rotatable bonds is 9. The lowest BCUT2D eigenvalue weighted by Gasteiger charge is -2.32.